The van der Waals surface area contributed by atoms with Crippen LogP contribution in [-0.4, -0.2) is 34.8 Å². The molecule has 0 spiro atoms. The fourth-order valence-electron chi connectivity index (χ4n) is 2.85. The van der Waals surface area contributed by atoms with Gasteiger partial charge in [-0.1, -0.05) is 12.1 Å². The Kier molecular flexibility index (Phi) is 3.98. The lowest BCUT2D eigenvalue weighted by molar-refractivity contribution is 0.194. The Bertz CT molecular complexity index is 675. The average Bonchev–Trinajstić information content (AvgIpc) is 2.92. The number of ether oxygens (including phenoxy) is 1. The van der Waals surface area contributed by atoms with Gasteiger partial charge < -0.3 is 14.7 Å². The standard InChI is InChI=1S/C17H21N3O2/c1-11-9-18-17(19-12(11)2)20-10-14(21)8-16(20)13-5-4-6-15(7-13)22-3/h4-7,9,14,16,21H,8,10H2,1-3H3. The van der Waals surface area contributed by atoms with E-state index in [0.717, 1.165) is 22.6 Å². The zero-order chi connectivity index (χ0) is 15.7. The number of aromatic nitrogens is 2. The van der Waals surface area contributed by atoms with Gasteiger partial charge in [0.1, 0.15) is 5.75 Å². The highest BCUT2D eigenvalue weighted by Gasteiger charge is 2.34. The molecular formula is C17H21N3O2. The van der Waals surface area contributed by atoms with Crippen LogP contribution in [0.3, 0.4) is 0 Å². The molecule has 1 fully saturated rings. The fraction of sp³-hybridized carbons (Fsp3) is 0.412. The van der Waals surface area contributed by atoms with E-state index in [4.69, 9.17) is 4.74 Å². The first-order valence-electron chi connectivity index (χ1n) is 7.47. The van der Waals surface area contributed by atoms with Crippen molar-refractivity contribution >= 4 is 5.95 Å². The molecule has 1 N–H and O–H groups in total. The molecule has 5 nitrogen and oxygen atoms in total. The molecule has 0 radical (unpaired) electrons. The first kappa shape index (κ1) is 14.8. The molecule has 2 heterocycles. The molecule has 2 aromatic rings. The largest absolute Gasteiger partial charge is 0.497 e. The average molecular weight is 299 g/mol. The highest BCUT2D eigenvalue weighted by atomic mass is 16.5. The maximum Gasteiger partial charge on any atom is 0.226 e. The monoisotopic (exact) mass is 299 g/mol. The number of hydrogen-bond donors (Lipinski definition) is 1. The van der Waals surface area contributed by atoms with Crippen LogP contribution in [0.1, 0.15) is 29.3 Å². The van der Waals surface area contributed by atoms with E-state index in [1.165, 1.54) is 0 Å². The van der Waals surface area contributed by atoms with Gasteiger partial charge in [0.2, 0.25) is 5.95 Å². The van der Waals surface area contributed by atoms with Crippen molar-refractivity contribution < 1.29 is 9.84 Å². The summed E-state index contributed by atoms with van der Waals surface area (Å²) in [5.41, 5.74) is 3.15. The van der Waals surface area contributed by atoms with Gasteiger partial charge >= 0.3 is 0 Å². The minimum atomic E-state index is -0.374. The second kappa shape index (κ2) is 5.93. The Balaban J connectivity index is 1.96. The van der Waals surface area contributed by atoms with Crippen molar-refractivity contribution in [3.63, 3.8) is 0 Å². The molecule has 1 aromatic carbocycles. The molecule has 22 heavy (non-hydrogen) atoms. The Morgan fingerprint density at radius 3 is 2.86 bits per heavy atom. The second-order valence-corrected chi connectivity index (χ2v) is 5.77. The van der Waals surface area contributed by atoms with E-state index in [2.05, 4.69) is 20.9 Å². The predicted molar refractivity (Wildman–Crippen MR) is 85.2 cm³/mol. The van der Waals surface area contributed by atoms with Gasteiger partial charge in [0, 0.05) is 18.4 Å². The Morgan fingerprint density at radius 2 is 2.14 bits per heavy atom. The molecule has 0 bridgehead atoms. The van der Waals surface area contributed by atoms with Crippen molar-refractivity contribution in [2.24, 2.45) is 0 Å². The van der Waals surface area contributed by atoms with Gasteiger partial charge in [0.25, 0.3) is 0 Å². The molecular weight excluding hydrogens is 278 g/mol. The molecule has 0 amide bonds. The molecule has 5 heteroatoms. The first-order valence-corrected chi connectivity index (χ1v) is 7.47. The molecule has 1 aliphatic rings. The number of rotatable bonds is 3. The van der Waals surface area contributed by atoms with E-state index in [1.807, 2.05) is 38.2 Å². The minimum Gasteiger partial charge on any atom is -0.497 e. The van der Waals surface area contributed by atoms with Crippen LogP contribution in [0.5, 0.6) is 5.75 Å². The third-order valence-corrected chi connectivity index (χ3v) is 4.23. The molecule has 0 saturated carbocycles. The molecule has 2 atom stereocenters. The third kappa shape index (κ3) is 2.76. The lowest BCUT2D eigenvalue weighted by Gasteiger charge is -2.25. The van der Waals surface area contributed by atoms with E-state index in [1.54, 1.807) is 7.11 Å². The van der Waals surface area contributed by atoms with Gasteiger partial charge in [-0.15, -0.1) is 0 Å². The molecule has 116 valence electrons. The Hall–Kier alpha value is -2.14. The van der Waals surface area contributed by atoms with E-state index < -0.39 is 0 Å². The minimum absolute atomic E-state index is 0.0622. The Labute approximate surface area is 130 Å². The van der Waals surface area contributed by atoms with Crippen molar-refractivity contribution in [3.8, 4) is 5.75 Å². The Morgan fingerprint density at radius 1 is 1.32 bits per heavy atom. The maximum absolute atomic E-state index is 10.1. The lowest BCUT2D eigenvalue weighted by Crippen LogP contribution is -2.26. The first-order chi connectivity index (χ1) is 10.6. The SMILES string of the molecule is COc1cccc(C2CC(O)CN2c2ncc(C)c(C)n2)c1. The summed E-state index contributed by atoms with van der Waals surface area (Å²) >= 11 is 0. The molecule has 2 unspecified atom stereocenters. The summed E-state index contributed by atoms with van der Waals surface area (Å²) in [5, 5.41) is 10.1. The molecule has 1 aromatic heterocycles. The van der Waals surface area contributed by atoms with Crippen molar-refractivity contribution in [2.45, 2.75) is 32.4 Å². The van der Waals surface area contributed by atoms with Gasteiger partial charge in [-0.2, -0.15) is 0 Å². The van der Waals surface area contributed by atoms with Crippen LogP contribution in [0, 0.1) is 13.8 Å². The van der Waals surface area contributed by atoms with Crippen molar-refractivity contribution in [1.82, 2.24) is 9.97 Å². The topological polar surface area (TPSA) is 58.5 Å². The zero-order valence-corrected chi connectivity index (χ0v) is 13.2. The lowest BCUT2D eigenvalue weighted by atomic mass is 10.0. The van der Waals surface area contributed by atoms with Gasteiger partial charge in [-0.05, 0) is 43.5 Å². The third-order valence-electron chi connectivity index (χ3n) is 4.23. The van der Waals surface area contributed by atoms with Crippen LogP contribution in [0.4, 0.5) is 5.95 Å². The van der Waals surface area contributed by atoms with Crippen LogP contribution in [0.2, 0.25) is 0 Å². The van der Waals surface area contributed by atoms with E-state index in [-0.39, 0.29) is 12.1 Å². The van der Waals surface area contributed by atoms with Gasteiger partial charge in [-0.3, -0.25) is 0 Å². The number of hydrogen-bond acceptors (Lipinski definition) is 5. The molecule has 0 aliphatic carbocycles. The number of anilines is 1. The molecule has 3 rings (SSSR count). The van der Waals surface area contributed by atoms with Crippen LogP contribution in [0.15, 0.2) is 30.5 Å². The van der Waals surface area contributed by atoms with Crippen LogP contribution < -0.4 is 9.64 Å². The zero-order valence-electron chi connectivity index (χ0n) is 13.2. The normalized spacial score (nSPS) is 21.2. The fourth-order valence-corrected chi connectivity index (χ4v) is 2.85. The van der Waals surface area contributed by atoms with E-state index in [9.17, 15) is 5.11 Å². The van der Waals surface area contributed by atoms with Crippen LogP contribution >= 0.6 is 0 Å². The summed E-state index contributed by atoms with van der Waals surface area (Å²) in [6.07, 6.45) is 2.13. The van der Waals surface area contributed by atoms with Crippen molar-refractivity contribution in [1.29, 1.82) is 0 Å². The summed E-state index contributed by atoms with van der Waals surface area (Å²) in [6, 6.07) is 8.02. The van der Waals surface area contributed by atoms with E-state index in [0.29, 0.717) is 18.9 Å². The summed E-state index contributed by atoms with van der Waals surface area (Å²) < 4.78 is 5.30. The number of methoxy groups -OCH3 is 1. The summed E-state index contributed by atoms with van der Waals surface area (Å²) in [4.78, 5) is 11.1. The van der Waals surface area contributed by atoms with Gasteiger partial charge in [0.15, 0.2) is 0 Å². The smallest absolute Gasteiger partial charge is 0.226 e. The molecule has 1 saturated heterocycles. The number of nitrogens with zero attached hydrogens (tertiary/aromatic N) is 3. The highest BCUT2D eigenvalue weighted by molar-refractivity contribution is 5.42. The number of aliphatic hydroxyl groups is 1. The summed E-state index contributed by atoms with van der Waals surface area (Å²) in [6.45, 7) is 4.52. The van der Waals surface area contributed by atoms with Crippen molar-refractivity contribution in [3.05, 3.63) is 47.3 Å². The van der Waals surface area contributed by atoms with Gasteiger partial charge in [0.05, 0.1) is 19.3 Å². The van der Waals surface area contributed by atoms with Crippen molar-refractivity contribution in [2.75, 3.05) is 18.6 Å². The number of β-amino-alcohol motifs (C(OH)–C–C–N with tert-alkyl or cyclic N) is 1. The summed E-state index contributed by atoms with van der Waals surface area (Å²) in [7, 11) is 1.66. The number of benzene rings is 1. The quantitative estimate of drug-likeness (QED) is 0.943. The van der Waals surface area contributed by atoms with Gasteiger partial charge in [-0.25, -0.2) is 9.97 Å². The number of aliphatic hydroxyl groups excluding tert-OH is 1. The second-order valence-electron chi connectivity index (χ2n) is 5.77. The number of aryl methyl sites for hydroxylation is 2. The molecule has 1 aliphatic heterocycles. The van der Waals surface area contributed by atoms with E-state index >= 15 is 0 Å². The van der Waals surface area contributed by atoms with Crippen LogP contribution in [0.25, 0.3) is 0 Å². The maximum atomic E-state index is 10.1. The predicted octanol–water partition coefficient (Wildman–Crippen LogP) is 2.41. The highest BCUT2D eigenvalue weighted by Crippen LogP contribution is 2.35. The summed E-state index contributed by atoms with van der Waals surface area (Å²) in [5.74, 6) is 1.49. The van der Waals surface area contributed by atoms with Crippen LogP contribution in [-0.2, 0) is 0 Å².